The average Bonchev–Trinajstić information content (AvgIpc) is 2.77. The minimum absolute atomic E-state index is 0.0508. The predicted molar refractivity (Wildman–Crippen MR) is 63.1 cm³/mol. The predicted octanol–water partition coefficient (Wildman–Crippen LogP) is 1.32. The summed E-state index contributed by atoms with van der Waals surface area (Å²) in [4.78, 5) is 2.54. The Hall–Kier alpha value is -0.870. The molecule has 0 aliphatic carbocycles. The van der Waals surface area contributed by atoms with Crippen molar-refractivity contribution in [3.05, 3.63) is 17.5 Å². The van der Waals surface area contributed by atoms with E-state index in [-0.39, 0.29) is 6.61 Å². The highest BCUT2D eigenvalue weighted by Crippen LogP contribution is 2.19. The van der Waals surface area contributed by atoms with Crippen LogP contribution >= 0.6 is 0 Å². The standard InChI is InChI=1S/C12H21N3O/c1-2-15-6-4-3-5-12(15)8-10-7-11(9-16)14-13-10/h7,12,16H,2-6,8-9H2,1H3,(H,13,14). The SMILES string of the molecule is CCN1CCCCC1Cc1cc(CO)[nH]n1. The Morgan fingerprint density at radius 1 is 1.56 bits per heavy atom. The molecule has 1 aliphatic heterocycles. The molecule has 0 aromatic carbocycles. The van der Waals surface area contributed by atoms with E-state index in [9.17, 15) is 0 Å². The maximum Gasteiger partial charge on any atom is 0.0847 e. The number of aliphatic hydroxyl groups excluding tert-OH is 1. The van der Waals surface area contributed by atoms with Crippen molar-refractivity contribution < 1.29 is 5.11 Å². The van der Waals surface area contributed by atoms with Crippen molar-refractivity contribution in [3.8, 4) is 0 Å². The van der Waals surface area contributed by atoms with Gasteiger partial charge in [0.2, 0.25) is 0 Å². The van der Waals surface area contributed by atoms with Crippen LogP contribution in [0.15, 0.2) is 6.07 Å². The molecule has 16 heavy (non-hydrogen) atoms. The molecule has 1 fully saturated rings. The second-order valence-electron chi connectivity index (χ2n) is 4.52. The zero-order valence-electron chi connectivity index (χ0n) is 9.95. The number of aliphatic hydroxyl groups is 1. The van der Waals surface area contributed by atoms with Crippen LogP contribution < -0.4 is 0 Å². The molecule has 1 saturated heterocycles. The van der Waals surface area contributed by atoms with Crippen molar-refractivity contribution in [3.63, 3.8) is 0 Å². The van der Waals surface area contributed by atoms with Gasteiger partial charge in [0, 0.05) is 12.5 Å². The van der Waals surface area contributed by atoms with Crippen molar-refractivity contribution in [2.45, 2.75) is 45.3 Å². The Morgan fingerprint density at radius 2 is 2.44 bits per heavy atom. The summed E-state index contributed by atoms with van der Waals surface area (Å²) in [5, 5.41) is 16.1. The zero-order valence-corrected chi connectivity index (χ0v) is 9.95. The highest BCUT2D eigenvalue weighted by molar-refractivity contribution is 5.09. The largest absolute Gasteiger partial charge is 0.390 e. The van der Waals surface area contributed by atoms with E-state index in [1.54, 1.807) is 0 Å². The monoisotopic (exact) mass is 223 g/mol. The fourth-order valence-corrected chi connectivity index (χ4v) is 2.54. The van der Waals surface area contributed by atoms with Crippen LogP contribution in [0.5, 0.6) is 0 Å². The first kappa shape index (κ1) is 11.6. The maximum atomic E-state index is 8.97. The van der Waals surface area contributed by atoms with E-state index in [2.05, 4.69) is 22.0 Å². The van der Waals surface area contributed by atoms with Gasteiger partial charge in [-0.25, -0.2) is 0 Å². The molecule has 0 amide bonds. The van der Waals surface area contributed by atoms with Gasteiger partial charge < -0.3 is 10.0 Å². The van der Waals surface area contributed by atoms with Gasteiger partial charge in [-0.05, 0) is 32.0 Å². The van der Waals surface area contributed by atoms with E-state index in [4.69, 9.17) is 5.11 Å². The van der Waals surface area contributed by atoms with Crippen LogP contribution in [-0.2, 0) is 13.0 Å². The topological polar surface area (TPSA) is 52.1 Å². The number of aromatic amines is 1. The van der Waals surface area contributed by atoms with Gasteiger partial charge in [-0.15, -0.1) is 0 Å². The van der Waals surface area contributed by atoms with Gasteiger partial charge in [-0.3, -0.25) is 5.10 Å². The molecule has 1 unspecified atom stereocenters. The lowest BCUT2D eigenvalue weighted by atomic mass is 9.98. The number of H-pyrrole nitrogens is 1. The summed E-state index contributed by atoms with van der Waals surface area (Å²) in [6, 6.07) is 2.61. The van der Waals surface area contributed by atoms with Gasteiger partial charge in [-0.2, -0.15) is 5.10 Å². The van der Waals surface area contributed by atoms with Crippen LogP contribution in [0.2, 0.25) is 0 Å². The van der Waals surface area contributed by atoms with Gasteiger partial charge in [0.25, 0.3) is 0 Å². The van der Waals surface area contributed by atoms with Crippen molar-refractivity contribution in [1.29, 1.82) is 0 Å². The Morgan fingerprint density at radius 3 is 3.12 bits per heavy atom. The molecule has 0 saturated carbocycles. The van der Waals surface area contributed by atoms with Gasteiger partial charge in [0.05, 0.1) is 18.0 Å². The number of rotatable bonds is 4. The number of nitrogens with one attached hydrogen (secondary N) is 1. The Balaban J connectivity index is 1.96. The molecule has 2 rings (SSSR count). The molecule has 1 atom stereocenters. The molecular weight excluding hydrogens is 202 g/mol. The van der Waals surface area contributed by atoms with Crippen molar-refractivity contribution in [2.24, 2.45) is 0 Å². The van der Waals surface area contributed by atoms with Crippen LogP contribution in [0.1, 0.15) is 37.6 Å². The quantitative estimate of drug-likeness (QED) is 0.809. The lowest BCUT2D eigenvalue weighted by Gasteiger charge is -2.34. The molecule has 1 aromatic rings. The summed E-state index contributed by atoms with van der Waals surface area (Å²) in [6.07, 6.45) is 4.94. The van der Waals surface area contributed by atoms with Crippen molar-refractivity contribution >= 4 is 0 Å². The van der Waals surface area contributed by atoms with Gasteiger partial charge >= 0.3 is 0 Å². The lowest BCUT2D eigenvalue weighted by molar-refractivity contribution is 0.154. The molecule has 1 aliphatic rings. The van der Waals surface area contributed by atoms with Crippen LogP contribution in [0.3, 0.4) is 0 Å². The fraction of sp³-hybridized carbons (Fsp3) is 0.750. The number of likely N-dealkylation sites (N-methyl/N-ethyl adjacent to an activating group) is 1. The number of likely N-dealkylation sites (tertiary alicyclic amines) is 1. The van der Waals surface area contributed by atoms with E-state index in [1.807, 2.05) is 6.07 Å². The van der Waals surface area contributed by atoms with E-state index in [1.165, 1.54) is 25.8 Å². The Labute approximate surface area is 96.7 Å². The number of hydrogen-bond acceptors (Lipinski definition) is 3. The van der Waals surface area contributed by atoms with Crippen LogP contribution in [0.4, 0.5) is 0 Å². The van der Waals surface area contributed by atoms with E-state index in [0.717, 1.165) is 24.4 Å². The van der Waals surface area contributed by atoms with Crippen molar-refractivity contribution in [2.75, 3.05) is 13.1 Å². The van der Waals surface area contributed by atoms with E-state index >= 15 is 0 Å². The molecule has 0 bridgehead atoms. The number of hydrogen-bond donors (Lipinski definition) is 2. The molecular formula is C12H21N3O. The summed E-state index contributed by atoms with van der Waals surface area (Å²) in [6.45, 7) is 4.62. The van der Waals surface area contributed by atoms with Crippen LogP contribution in [0, 0.1) is 0 Å². The molecule has 1 aromatic heterocycles. The summed E-state index contributed by atoms with van der Waals surface area (Å²) in [7, 11) is 0. The number of aromatic nitrogens is 2. The molecule has 4 nitrogen and oxygen atoms in total. The van der Waals surface area contributed by atoms with Crippen molar-refractivity contribution in [1.82, 2.24) is 15.1 Å². The molecule has 90 valence electrons. The molecule has 4 heteroatoms. The lowest BCUT2D eigenvalue weighted by Crippen LogP contribution is -2.40. The third kappa shape index (κ3) is 2.62. The van der Waals surface area contributed by atoms with Gasteiger partial charge in [0.1, 0.15) is 0 Å². The highest BCUT2D eigenvalue weighted by atomic mass is 16.3. The summed E-state index contributed by atoms with van der Waals surface area (Å²) in [5.74, 6) is 0. The van der Waals surface area contributed by atoms with Crippen LogP contribution in [-0.4, -0.2) is 39.3 Å². The number of nitrogens with zero attached hydrogens (tertiary/aromatic N) is 2. The first-order chi connectivity index (χ1) is 7.83. The maximum absolute atomic E-state index is 8.97. The first-order valence-corrected chi connectivity index (χ1v) is 6.21. The van der Waals surface area contributed by atoms with E-state index in [0.29, 0.717) is 6.04 Å². The molecule has 0 radical (unpaired) electrons. The summed E-state index contributed by atoms with van der Waals surface area (Å²) < 4.78 is 0. The minimum Gasteiger partial charge on any atom is -0.390 e. The molecule has 0 spiro atoms. The third-order valence-corrected chi connectivity index (χ3v) is 3.45. The Kier molecular flexibility index (Phi) is 3.96. The zero-order chi connectivity index (χ0) is 11.4. The third-order valence-electron chi connectivity index (χ3n) is 3.45. The first-order valence-electron chi connectivity index (χ1n) is 6.21. The Bertz CT molecular complexity index is 324. The smallest absolute Gasteiger partial charge is 0.0847 e. The molecule has 2 heterocycles. The second kappa shape index (κ2) is 5.46. The second-order valence-corrected chi connectivity index (χ2v) is 4.52. The fourth-order valence-electron chi connectivity index (χ4n) is 2.54. The number of piperidine rings is 1. The van der Waals surface area contributed by atoms with Gasteiger partial charge in [-0.1, -0.05) is 13.3 Å². The normalized spacial score (nSPS) is 22.5. The van der Waals surface area contributed by atoms with Crippen LogP contribution in [0.25, 0.3) is 0 Å². The van der Waals surface area contributed by atoms with E-state index < -0.39 is 0 Å². The summed E-state index contributed by atoms with van der Waals surface area (Å²) in [5.41, 5.74) is 1.89. The highest BCUT2D eigenvalue weighted by Gasteiger charge is 2.21. The average molecular weight is 223 g/mol. The minimum atomic E-state index is 0.0508. The molecule has 2 N–H and O–H groups in total. The van der Waals surface area contributed by atoms with Gasteiger partial charge in [0.15, 0.2) is 0 Å². The summed E-state index contributed by atoms with van der Waals surface area (Å²) >= 11 is 0.